The van der Waals surface area contributed by atoms with Gasteiger partial charge in [0.15, 0.2) is 12.4 Å². The summed E-state index contributed by atoms with van der Waals surface area (Å²) in [7, 11) is 0. The van der Waals surface area contributed by atoms with Crippen molar-refractivity contribution in [3.63, 3.8) is 0 Å². The number of hydrogen-bond donors (Lipinski definition) is 4. The van der Waals surface area contributed by atoms with Gasteiger partial charge in [-0.15, -0.1) is 0 Å². The van der Waals surface area contributed by atoms with Crippen LogP contribution in [0.15, 0.2) is 42.0 Å². The van der Waals surface area contributed by atoms with Gasteiger partial charge in [-0.05, 0) is 92.6 Å². The number of carboxylic acids is 1. The molecular formula is C41H56N2O9. The van der Waals surface area contributed by atoms with Crippen molar-refractivity contribution in [2.75, 3.05) is 19.7 Å². The van der Waals surface area contributed by atoms with Crippen LogP contribution in [0.25, 0.3) is 0 Å². The van der Waals surface area contributed by atoms with Crippen LogP contribution in [-0.4, -0.2) is 70.8 Å². The van der Waals surface area contributed by atoms with Crippen LogP contribution in [0, 0.1) is 28.6 Å². The molecule has 52 heavy (non-hydrogen) atoms. The van der Waals surface area contributed by atoms with Gasteiger partial charge < -0.3 is 25.6 Å². The van der Waals surface area contributed by atoms with Gasteiger partial charge in [0.1, 0.15) is 5.60 Å². The highest BCUT2D eigenvalue weighted by atomic mass is 16.5. The summed E-state index contributed by atoms with van der Waals surface area (Å²) in [5.41, 5.74) is -0.0198. The van der Waals surface area contributed by atoms with Crippen LogP contribution in [0.5, 0.6) is 0 Å². The van der Waals surface area contributed by atoms with E-state index in [2.05, 4.69) is 17.6 Å². The predicted molar refractivity (Wildman–Crippen MR) is 193 cm³/mol. The van der Waals surface area contributed by atoms with E-state index in [1.54, 1.807) is 0 Å². The summed E-state index contributed by atoms with van der Waals surface area (Å²) in [5, 5.41) is 26.7. The molecule has 3 saturated carbocycles. The zero-order chi connectivity index (χ0) is 37.5. The molecule has 0 aromatic heterocycles. The topological polar surface area (TPSA) is 176 Å². The molecule has 1 aromatic rings. The van der Waals surface area contributed by atoms with Crippen molar-refractivity contribution >= 4 is 35.3 Å². The number of aliphatic carboxylic acids is 1. The number of ether oxygens (including phenoxy) is 1. The Kier molecular flexibility index (Phi) is 12.8. The smallest absolute Gasteiger partial charge is 0.306 e. The summed E-state index contributed by atoms with van der Waals surface area (Å²) in [6.07, 6.45) is 9.83. The van der Waals surface area contributed by atoms with E-state index in [9.17, 15) is 39.0 Å². The third kappa shape index (κ3) is 8.67. The van der Waals surface area contributed by atoms with Crippen molar-refractivity contribution in [3.8, 4) is 0 Å². The monoisotopic (exact) mass is 720 g/mol. The summed E-state index contributed by atoms with van der Waals surface area (Å²) >= 11 is 0. The van der Waals surface area contributed by atoms with Gasteiger partial charge >= 0.3 is 11.9 Å². The average Bonchev–Trinajstić information content (AvgIpc) is 3.41. The van der Waals surface area contributed by atoms with Crippen LogP contribution >= 0.6 is 0 Å². The molecule has 0 aliphatic heterocycles. The third-order valence-electron chi connectivity index (χ3n) is 13.1. The molecule has 4 aliphatic carbocycles. The molecule has 1 aromatic carbocycles. The van der Waals surface area contributed by atoms with Gasteiger partial charge in [0.25, 0.3) is 0 Å². The standard InChI is InChI=1S/C41H56N2O9/c1-39-19-16-30(44)24-29(39)12-13-31-32(39)17-20-40(2)33(31)18-21-41(40,51)34(45)26-52-38(50)15-14-36(47)42-22-8-4-7-11-35(46)43-25-28(23-37(48)49)27-9-5-3-6-10-27/h3,5-6,9-10,24,28,31-33,51H,4,7-8,11-23,25-26H2,1-2H3,(H,42,47)(H,43,46)(H,48,49)/t28-,31+,32+,33-,39+,40-,41+/m1/s1. The highest BCUT2D eigenvalue weighted by Gasteiger charge is 2.66. The summed E-state index contributed by atoms with van der Waals surface area (Å²) < 4.78 is 5.28. The lowest BCUT2D eigenvalue weighted by Gasteiger charge is -2.58. The Bertz CT molecular complexity index is 1540. The Labute approximate surface area is 306 Å². The fraction of sp³-hybridized carbons (Fsp3) is 0.659. The number of carbonyl (C=O) groups is 6. The van der Waals surface area contributed by atoms with Gasteiger partial charge in [-0.2, -0.15) is 0 Å². The van der Waals surface area contributed by atoms with E-state index in [0.29, 0.717) is 63.3 Å². The van der Waals surface area contributed by atoms with E-state index in [1.807, 2.05) is 43.3 Å². The molecule has 0 bridgehead atoms. The number of allylic oxidation sites excluding steroid dienone is 1. The third-order valence-corrected chi connectivity index (χ3v) is 13.1. The maximum absolute atomic E-state index is 13.5. The number of rotatable bonds is 17. The summed E-state index contributed by atoms with van der Waals surface area (Å²) in [4.78, 5) is 74.0. The fourth-order valence-electron chi connectivity index (χ4n) is 10.1. The minimum Gasteiger partial charge on any atom is -0.481 e. The molecule has 0 heterocycles. The average molecular weight is 721 g/mol. The van der Waals surface area contributed by atoms with Crippen LogP contribution in [0.3, 0.4) is 0 Å². The summed E-state index contributed by atoms with van der Waals surface area (Å²) in [6.45, 7) is 4.46. The van der Waals surface area contributed by atoms with Crippen molar-refractivity contribution in [2.45, 2.75) is 122 Å². The van der Waals surface area contributed by atoms with Crippen LogP contribution in [0.1, 0.15) is 122 Å². The fourth-order valence-corrected chi connectivity index (χ4v) is 10.1. The highest BCUT2D eigenvalue weighted by Crippen LogP contribution is 2.67. The SMILES string of the molecule is C[C@]12CCC(=O)C=C1CC[C@@H]1[C@H]3CC[C@](O)(C(=O)COC(=O)CCC(=O)NCCCCCC(=O)NC[C@@H](CC(=O)O)c4ccccc4)[C@]3(C)CC[C@@H]12. The lowest BCUT2D eigenvalue weighted by atomic mass is 9.46. The molecular weight excluding hydrogens is 664 g/mol. The van der Waals surface area contributed by atoms with Crippen LogP contribution in [0.4, 0.5) is 0 Å². The van der Waals surface area contributed by atoms with Gasteiger partial charge in [-0.1, -0.05) is 56.2 Å². The van der Waals surface area contributed by atoms with Crippen LogP contribution in [-0.2, 0) is 33.5 Å². The van der Waals surface area contributed by atoms with Crippen molar-refractivity contribution in [3.05, 3.63) is 47.5 Å². The van der Waals surface area contributed by atoms with Gasteiger partial charge in [0.05, 0.1) is 12.8 Å². The number of hydrogen-bond acceptors (Lipinski definition) is 8. The minimum absolute atomic E-state index is 0.00315. The molecule has 7 atom stereocenters. The molecule has 0 spiro atoms. The molecule has 0 radical (unpaired) electrons. The molecule has 0 unspecified atom stereocenters. The number of fused-ring (bicyclic) bond motifs is 5. The minimum atomic E-state index is -1.56. The van der Waals surface area contributed by atoms with Crippen LogP contribution in [0.2, 0.25) is 0 Å². The predicted octanol–water partition coefficient (Wildman–Crippen LogP) is 5.19. The molecule has 0 saturated heterocycles. The summed E-state index contributed by atoms with van der Waals surface area (Å²) in [6, 6.07) is 9.24. The maximum atomic E-state index is 13.5. The zero-order valence-corrected chi connectivity index (χ0v) is 30.8. The van der Waals surface area contributed by atoms with Crippen LogP contribution < -0.4 is 10.6 Å². The number of carboxylic acid groups (broad SMARTS) is 1. The number of amides is 2. The number of unbranched alkanes of at least 4 members (excludes halogenated alkanes) is 2. The highest BCUT2D eigenvalue weighted by molar-refractivity contribution is 5.92. The van der Waals surface area contributed by atoms with Crippen molar-refractivity contribution < 1.29 is 43.7 Å². The Morgan fingerprint density at radius 3 is 2.35 bits per heavy atom. The first-order valence-electron chi connectivity index (χ1n) is 19.2. The lowest BCUT2D eigenvalue weighted by Crippen LogP contribution is -2.58. The van der Waals surface area contributed by atoms with Gasteiger partial charge in [0.2, 0.25) is 17.6 Å². The Morgan fingerprint density at radius 1 is 0.865 bits per heavy atom. The van der Waals surface area contributed by atoms with E-state index in [4.69, 9.17) is 4.74 Å². The van der Waals surface area contributed by atoms with Gasteiger partial charge in [0, 0.05) is 43.7 Å². The lowest BCUT2D eigenvalue weighted by molar-refractivity contribution is -0.170. The van der Waals surface area contributed by atoms with Crippen molar-refractivity contribution in [1.82, 2.24) is 10.6 Å². The molecule has 284 valence electrons. The Morgan fingerprint density at radius 2 is 1.60 bits per heavy atom. The second-order valence-corrected chi connectivity index (χ2v) is 16.1. The van der Waals surface area contributed by atoms with E-state index in [0.717, 1.165) is 37.7 Å². The first-order chi connectivity index (χ1) is 24.8. The normalized spacial score (nSPS) is 29.8. The Hall–Kier alpha value is -3.86. The zero-order valence-electron chi connectivity index (χ0n) is 30.8. The number of esters is 1. The van der Waals surface area contributed by atoms with E-state index in [-0.39, 0.29) is 60.7 Å². The largest absolute Gasteiger partial charge is 0.481 e. The van der Waals surface area contributed by atoms with E-state index >= 15 is 0 Å². The number of Topliss-reactive ketones (excluding diaryl/α,β-unsaturated/α-hetero) is 1. The molecule has 4 N–H and O–H groups in total. The molecule has 11 heteroatoms. The second-order valence-electron chi connectivity index (χ2n) is 16.1. The number of aliphatic hydroxyl groups is 1. The molecule has 2 amide bonds. The number of ketones is 2. The molecule has 3 fully saturated rings. The van der Waals surface area contributed by atoms with E-state index in [1.165, 1.54) is 5.57 Å². The molecule has 5 rings (SSSR count). The second kappa shape index (κ2) is 16.9. The van der Waals surface area contributed by atoms with E-state index < -0.39 is 35.3 Å². The summed E-state index contributed by atoms with van der Waals surface area (Å²) in [5.74, 6) is -1.60. The molecule has 11 nitrogen and oxygen atoms in total. The first kappa shape index (κ1) is 39.3. The Balaban J connectivity index is 0.959. The number of benzene rings is 1. The number of nitrogens with one attached hydrogen (secondary N) is 2. The van der Waals surface area contributed by atoms with Gasteiger partial charge in [-0.25, -0.2) is 0 Å². The molecule has 4 aliphatic rings. The van der Waals surface area contributed by atoms with Crippen molar-refractivity contribution in [1.29, 1.82) is 0 Å². The quantitative estimate of drug-likeness (QED) is 0.125. The maximum Gasteiger partial charge on any atom is 0.306 e. The first-order valence-corrected chi connectivity index (χ1v) is 19.2. The van der Waals surface area contributed by atoms with Gasteiger partial charge in [-0.3, -0.25) is 28.8 Å². The van der Waals surface area contributed by atoms with Crippen molar-refractivity contribution in [2.24, 2.45) is 28.6 Å². The number of carbonyl (C=O) groups excluding carboxylic acids is 5.